The van der Waals surface area contributed by atoms with Crippen molar-refractivity contribution in [3.8, 4) is 0 Å². The van der Waals surface area contributed by atoms with Gasteiger partial charge in [-0.05, 0) is 47.7 Å². The summed E-state index contributed by atoms with van der Waals surface area (Å²) in [4.78, 5) is 16.7. The highest BCUT2D eigenvalue weighted by Crippen LogP contribution is 2.24. The van der Waals surface area contributed by atoms with Crippen molar-refractivity contribution in [2.24, 2.45) is 5.41 Å². The molecule has 2 heterocycles. The van der Waals surface area contributed by atoms with Gasteiger partial charge in [-0.1, -0.05) is 20.8 Å². The third-order valence-electron chi connectivity index (χ3n) is 3.92. The normalized spacial score (nSPS) is 13.4. The number of pyridine rings is 1. The Hall–Kier alpha value is -2.76. The predicted octanol–water partition coefficient (Wildman–Crippen LogP) is 5.05. The number of aryl methyl sites for hydroxylation is 1. The second-order valence-corrected chi connectivity index (χ2v) is 7.80. The van der Waals surface area contributed by atoms with Gasteiger partial charge in [-0.3, -0.25) is 4.79 Å². The van der Waals surface area contributed by atoms with Crippen LogP contribution in [-0.4, -0.2) is 15.5 Å². The van der Waals surface area contributed by atoms with Gasteiger partial charge in [0.1, 0.15) is 17.5 Å². The Balaban J connectivity index is 2.00. The smallest absolute Gasteiger partial charge is 0.226 e. The second kappa shape index (κ2) is 7.10. The first kappa shape index (κ1) is 16.4. The summed E-state index contributed by atoms with van der Waals surface area (Å²) >= 11 is 0. The number of rotatable bonds is 4. The fourth-order valence-corrected chi connectivity index (χ4v) is 2.79. The monoisotopic (exact) mass is 373 g/mol. The lowest BCUT2D eigenvalue weighted by Crippen LogP contribution is -2.20. The number of nitrogens with zero attached hydrogens (tertiary/aromatic N) is 2. The Bertz CT molecular complexity index is 1070. The van der Waals surface area contributed by atoms with Gasteiger partial charge in [0.15, 0.2) is 0 Å². The average Bonchev–Trinajstić information content (AvgIpc) is 2.95. The molecule has 27 heavy (non-hydrogen) atoms. The van der Waals surface area contributed by atoms with Gasteiger partial charge >= 0.3 is 0 Å². The largest absolute Gasteiger partial charge is 0.342 e. The maximum absolute atomic E-state index is 13.6. The third kappa shape index (κ3) is 4.70. The van der Waals surface area contributed by atoms with E-state index in [4.69, 9.17) is 2.74 Å². The Labute approximate surface area is 160 Å². The van der Waals surface area contributed by atoms with Crippen molar-refractivity contribution in [1.29, 1.82) is 0 Å². The van der Waals surface area contributed by atoms with Crippen LogP contribution in [0.3, 0.4) is 0 Å². The lowest BCUT2D eigenvalue weighted by molar-refractivity contribution is -0.117. The molecule has 1 aromatic carbocycles. The molecule has 2 aromatic heterocycles. The number of anilines is 1. The summed E-state index contributed by atoms with van der Waals surface area (Å²) in [5.74, 6) is -1.45. The summed E-state index contributed by atoms with van der Waals surface area (Å²) < 4.78 is 45.3. The summed E-state index contributed by atoms with van der Waals surface area (Å²) in [6, 6.07) is 5.93. The van der Waals surface area contributed by atoms with Crippen LogP contribution in [0.4, 0.5) is 14.6 Å². The van der Waals surface area contributed by atoms with Gasteiger partial charge in [-0.2, -0.15) is 0 Å². The van der Waals surface area contributed by atoms with Crippen LogP contribution in [0.25, 0.3) is 11.0 Å². The molecular weight excluding hydrogens is 348 g/mol. The van der Waals surface area contributed by atoms with Gasteiger partial charge in [0, 0.05) is 25.2 Å². The SMILES string of the molecule is [2H]C([2H])(c1cc(F)cc(F)c1)n1ccc2nc(NC(=O)CC(C)(C)C)c(C)cc21. The van der Waals surface area contributed by atoms with E-state index < -0.39 is 18.1 Å². The molecule has 0 fully saturated rings. The third-order valence-corrected chi connectivity index (χ3v) is 3.92. The van der Waals surface area contributed by atoms with E-state index in [-0.39, 0.29) is 16.9 Å². The quantitative estimate of drug-likeness (QED) is 0.696. The summed E-state index contributed by atoms with van der Waals surface area (Å²) in [5, 5.41) is 2.80. The second-order valence-electron chi connectivity index (χ2n) is 7.80. The van der Waals surface area contributed by atoms with Crippen molar-refractivity contribution in [3.63, 3.8) is 0 Å². The number of hydrogen-bond acceptors (Lipinski definition) is 2. The van der Waals surface area contributed by atoms with Gasteiger partial charge in [-0.15, -0.1) is 0 Å². The first-order valence-corrected chi connectivity index (χ1v) is 8.62. The highest BCUT2D eigenvalue weighted by atomic mass is 19.1. The van der Waals surface area contributed by atoms with E-state index in [9.17, 15) is 13.6 Å². The van der Waals surface area contributed by atoms with E-state index in [1.54, 1.807) is 19.1 Å². The Kier molecular flexibility index (Phi) is 4.32. The molecule has 0 aliphatic heterocycles. The van der Waals surface area contributed by atoms with Crippen LogP contribution in [0.1, 0.15) is 41.1 Å². The number of carbonyl (C=O) groups excluding carboxylic acids is 1. The lowest BCUT2D eigenvalue weighted by atomic mass is 9.92. The van der Waals surface area contributed by atoms with Crippen LogP contribution in [0, 0.1) is 24.0 Å². The molecule has 0 atom stereocenters. The minimum atomic E-state index is -2.20. The van der Waals surface area contributed by atoms with Crippen LogP contribution in [0.5, 0.6) is 0 Å². The van der Waals surface area contributed by atoms with E-state index in [0.29, 0.717) is 34.9 Å². The van der Waals surface area contributed by atoms with Gasteiger partial charge in [0.25, 0.3) is 0 Å². The molecule has 0 spiro atoms. The molecular formula is C21H23F2N3O. The zero-order chi connectivity index (χ0) is 21.6. The number of amides is 1. The summed E-state index contributed by atoms with van der Waals surface area (Å²) in [6.45, 7) is 5.46. The Morgan fingerprint density at radius 3 is 2.52 bits per heavy atom. The number of nitrogens with one attached hydrogen (secondary N) is 1. The summed E-state index contributed by atoms with van der Waals surface area (Å²) in [5.41, 5.74) is 1.25. The van der Waals surface area contributed by atoms with E-state index >= 15 is 0 Å². The van der Waals surface area contributed by atoms with E-state index in [1.165, 1.54) is 10.8 Å². The summed E-state index contributed by atoms with van der Waals surface area (Å²) in [6.07, 6.45) is 1.81. The van der Waals surface area contributed by atoms with Crippen LogP contribution < -0.4 is 5.32 Å². The predicted molar refractivity (Wildman–Crippen MR) is 103 cm³/mol. The number of benzene rings is 1. The zero-order valence-electron chi connectivity index (χ0n) is 17.7. The van der Waals surface area contributed by atoms with Crippen molar-refractivity contribution in [1.82, 2.24) is 9.55 Å². The molecule has 4 nitrogen and oxygen atoms in total. The number of aromatic nitrogens is 2. The lowest BCUT2D eigenvalue weighted by Gasteiger charge is -2.17. The Morgan fingerprint density at radius 1 is 1.22 bits per heavy atom. The highest BCUT2D eigenvalue weighted by molar-refractivity contribution is 5.92. The van der Waals surface area contributed by atoms with Crippen molar-refractivity contribution >= 4 is 22.8 Å². The van der Waals surface area contributed by atoms with Crippen LogP contribution in [0.2, 0.25) is 0 Å². The molecule has 0 bridgehead atoms. The van der Waals surface area contributed by atoms with Gasteiger partial charge < -0.3 is 9.88 Å². The molecule has 142 valence electrons. The zero-order valence-corrected chi connectivity index (χ0v) is 15.7. The maximum Gasteiger partial charge on any atom is 0.226 e. The fourth-order valence-electron chi connectivity index (χ4n) is 2.79. The minimum Gasteiger partial charge on any atom is -0.342 e. The van der Waals surface area contributed by atoms with Crippen LogP contribution >= 0.6 is 0 Å². The van der Waals surface area contributed by atoms with Crippen molar-refractivity contribution in [3.05, 3.63) is 59.3 Å². The molecule has 1 amide bonds. The number of hydrogen-bond donors (Lipinski definition) is 1. The molecule has 1 N–H and O–H groups in total. The Morgan fingerprint density at radius 2 is 1.89 bits per heavy atom. The molecule has 0 unspecified atom stereocenters. The number of carbonyl (C=O) groups is 1. The number of halogens is 2. The fraction of sp³-hybridized carbons (Fsp3) is 0.333. The molecule has 0 saturated carbocycles. The van der Waals surface area contributed by atoms with Crippen LogP contribution in [0.15, 0.2) is 36.5 Å². The van der Waals surface area contributed by atoms with Crippen molar-refractivity contribution in [2.45, 2.75) is 40.6 Å². The average molecular weight is 373 g/mol. The molecule has 0 saturated heterocycles. The molecule has 6 heteroatoms. The van der Waals surface area contributed by atoms with Crippen LogP contribution in [-0.2, 0) is 11.3 Å². The molecule has 3 rings (SSSR count). The van der Waals surface area contributed by atoms with Crippen molar-refractivity contribution < 1.29 is 16.3 Å². The maximum atomic E-state index is 13.6. The standard InChI is InChI=1S/C21H23F2N3O/c1-13-7-18-17(24-20(13)25-19(27)11-21(2,3)4)5-6-26(18)12-14-8-15(22)10-16(23)9-14/h5-10H,11-12H2,1-4H3,(H,24,25,27)/i12D2. The first-order chi connectivity index (χ1) is 13.4. The van der Waals surface area contributed by atoms with E-state index in [2.05, 4.69) is 10.3 Å². The van der Waals surface area contributed by atoms with Gasteiger partial charge in [-0.25, -0.2) is 13.8 Å². The molecule has 0 aliphatic carbocycles. The van der Waals surface area contributed by atoms with E-state index in [1.807, 2.05) is 20.8 Å². The highest BCUT2D eigenvalue weighted by Gasteiger charge is 2.17. The molecule has 0 aliphatic rings. The molecule has 0 radical (unpaired) electrons. The minimum absolute atomic E-state index is 0.146. The summed E-state index contributed by atoms with van der Waals surface area (Å²) in [7, 11) is 0. The topological polar surface area (TPSA) is 46.9 Å². The first-order valence-electron chi connectivity index (χ1n) is 9.62. The van der Waals surface area contributed by atoms with Crippen molar-refractivity contribution in [2.75, 3.05) is 5.32 Å². The van der Waals surface area contributed by atoms with E-state index in [0.717, 1.165) is 12.1 Å². The molecule has 3 aromatic rings. The van der Waals surface area contributed by atoms with Gasteiger partial charge in [0.2, 0.25) is 5.91 Å². The van der Waals surface area contributed by atoms with Gasteiger partial charge in [0.05, 0.1) is 13.8 Å². The number of fused-ring (bicyclic) bond motifs is 1.